The molecule has 5 atom stereocenters. The van der Waals surface area contributed by atoms with Crippen molar-refractivity contribution < 1.29 is 29.6 Å². The zero-order valence-corrected chi connectivity index (χ0v) is 17.2. The number of carbonyl (C=O) groups excluding carboxylic acids is 2. The molecule has 156 valence electrons. The fraction of sp³-hybridized carbons (Fsp3) is 0.727. The van der Waals surface area contributed by atoms with Crippen LogP contribution < -0.4 is 0 Å². The highest BCUT2D eigenvalue weighted by molar-refractivity contribution is 6.00. The Hall–Kier alpha value is -1.50. The molecule has 0 heterocycles. The highest BCUT2D eigenvalue weighted by Crippen LogP contribution is 2.62. The van der Waals surface area contributed by atoms with E-state index in [1.807, 2.05) is 20.8 Å². The van der Waals surface area contributed by atoms with Gasteiger partial charge in [0.1, 0.15) is 6.61 Å². The van der Waals surface area contributed by atoms with Gasteiger partial charge in [-0.3, -0.25) is 9.59 Å². The summed E-state index contributed by atoms with van der Waals surface area (Å²) in [5, 5.41) is 34.1. The summed E-state index contributed by atoms with van der Waals surface area (Å²) in [7, 11) is 0. The number of ether oxygens (including phenoxy) is 1. The lowest BCUT2D eigenvalue weighted by molar-refractivity contribution is -0.191. The van der Waals surface area contributed by atoms with Crippen LogP contribution in [0.3, 0.4) is 0 Å². The molecule has 0 aromatic heterocycles. The maximum atomic E-state index is 12.8. The number of hydrogen-bond acceptors (Lipinski definition) is 6. The molecule has 2 fully saturated rings. The SMILES string of the molecule is C=C1CCC(O)[C@@]2(COC(C)=O)CC(O)C3=C(C(C)C)C(=O)CC3(C)CC12O. The van der Waals surface area contributed by atoms with Crippen LogP contribution >= 0.6 is 0 Å². The summed E-state index contributed by atoms with van der Waals surface area (Å²) in [5.41, 5.74) is -1.70. The summed E-state index contributed by atoms with van der Waals surface area (Å²) in [6.07, 6.45) is -0.785. The number of carbonyl (C=O) groups is 2. The molecular formula is C22H32O6. The van der Waals surface area contributed by atoms with Gasteiger partial charge in [-0.05, 0) is 42.7 Å². The van der Waals surface area contributed by atoms with Crippen molar-refractivity contribution in [2.45, 2.75) is 77.6 Å². The molecule has 0 aromatic rings. The number of fused-ring (bicyclic) bond motifs is 2. The zero-order valence-electron chi connectivity index (χ0n) is 17.2. The Morgan fingerprint density at radius 2 is 2.00 bits per heavy atom. The molecule has 4 unspecified atom stereocenters. The van der Waals surface area contributed by atoms with Gasteiger partial charge in [0, 0.05) is 24.3 Å². The summed E-state index contributed by atoms with van der Waals surface area (Å²) in [4.78, 5) is 24.3. The first-order valence-corrected chi connectivity index (χ1v) is 10.1. The van der Waals surface area contributed by atoms with E-state index in [-0.39, 0.29) is 37.6 Å². The van der Waals surface area contributed by atoms with Gasteiger partial charge in [0.05, 0.1) is 23.2 Å². The normalized spacial score (nSPS) is 41.0. The summed E-state index contributed by atoms with van der Waals surface area (Å²) in [6.45, 7) is 10.9. The Labute approximate surface area is 166 Å². The molecule has 0 spiro atoms. The topological polar surface area (TPSA) is 104 Å². The molecular weight excluding hydrogens is 360 g/mol. The van der Waals surface area contributed by atoms with Crippen LogP contribution in [0.15, 0.2) is 23.3 Å². The number of Topliss-reactive ketones (excluding diaryl/α,β-unsaturated/α-hetero) is 1. The van der Waals surface area contributed by atoms with E-state index in [0.29, 0.717) is 29.6 Å². The molecule has 6 heteroatoms. The minimum atomic E-state index is -1.55. The molecule has 0 saturated heterocycles. The Morgan fingerprint density at radius 3 is 2.57 bits per heavy atom. The largest absolute Gasteiger partial charge is 0.465 e. The van der Waals surface area contributed by atoms with Gasteiger partial charge >= 0.3 is 5.97 Å². The fourth-order valence-corrected chi connectivity index (χ4v) is 5.94. The Kier molecular flexibility index (Phi) is 5.14. The van der Waals surface area contributed by atoms with Crippen LogP contribution in [0.5, 0.6) is 0 Å². The van der Waals surface area contributed by atoms with Gasteiger partial charge in [-0.25, -0.2) is 0 Å². The lowest BCUT2D eigenvalue weighted by atomic mass is 9.55. The average molecular weight is 392 g/mol. The van der Waals surface area contributed by atoms with E-state index in [1.165, 1.54) is 6.92 Å². The van der Waals surface area contributed by atoms with Crippen molar-refractivity contribution in [2.24, 2.45) is 16.7 Å². The molecule has 3 rings (SSSR count). The summed E-state index contributed by atoms with van der Waals surface area (Å²) < 4.78 is 5.29. The predicted octanol–water partition coefficient (Wildman–Crippen LogP) is 2.06. The van der Waals surface area contributed by atoms with E-state index >= 15 is 0 Å². The summed E-state index contributed by atoms with van der Waals surface area (Å²) in [5.74, 6) is -0.557. The quantitative estimate of drug-likeness (QED) is 0.502. The maximum absolute atomic E-state index is 12.8. The van der Waals surface area contributed by atoms with Gasteiger partial charge in [0.25, 0.3) is 0 Å². The van der Waals surface area contributed by atoms with Gasteiger partial charge in [-0.15, -0.1) is 0 Å². The Balaban J connectivity index is 2.21. The third-order valence-corrected chi connectivity index (χ3v) is 7.20. The van der Waals surface area contributed by atoms with Crippen molar-refractivity contribution in [3.05, 3.63) is 23.3 Å². The Bertz CT molecular complexity index is 752. The summed E-state index contributed by atoms with van der Waals surface area (Å²) in [6, 6.07) is 0. The number of esters is 1. The highest BCUT2D eigenvalue weighted by Gasteiger charge is 2.65. The van der Waals surface area contributed by atoms with E-state index in [2.05, 4.69) is 6.58 Å². The van der Waals surface area contributed by atoms with Crippen molar-refractivity contribution in [1.82, 2.24) is 0 Å². The smallest absolute Gasteiger partial charge is 0.302 e. The maximum Gasteiger partial charge on any atom is 0.302 e. The van der Waals surface area contributed by atoms with Crippen molar-refractivity contribution >= 4 is 11.8 Å². The average Bonchev–Trinajstić information content (AvgIpc) is 2.80. The van der Waals surface area contributed by atoms with E-state index in [4.69, 9.17) is 4.74 Å². The van der Waals surface area contributed by atoms with Crippen molar-refractivity contribution in [2.75, 3.05) is 6.61 Å². The molecule has 0 bridgehead atoms. The lowest BCUT2D eigenvalue weighted by Gasteiger charge is -2.54. The van der Waals surface area contributed by atoms with Crippen LogP contribution in [0.2, 0.25) is 0 Å². The minimum Gasteiger partial charge on any atom is -0.465 e. The zero-order chi connectivity index (χ0) is 21.1. The number of allylic oxidation sites excluding steroid dienone is 1. The molecule has 0 amide bonds. The van der Waals surface area contributed by atoms with Crippen LogP contribution in [0.4, 0.5) is 0 Å². The van der Waals surface area contributed by atoms with Crippen LogP contribution in [-0.2, 0) is 14.3 Å². The lowest BCUT2D eigenvalue weighted by Crippen LogP contribution is -2.62. The van der Waals surface area contributed by atoms with Crippen molar-refractivity contribution in [3.63, 3.8) is 0 Å². The van der Waals surface area contributed by atoms with Crippen LogP contribution in [0, 0.1) is 16.7 Å². The highest BCUT2D eigenvalue weighted by atomic mass is 16.5. The van der Waals surface area contributed by atoms with Gasteiger partial charge in [0.15, 0.2) is 5.78 Å². The molecule has 3 aliphatic rings. The Morgan fingerprint density at radius 1 is 1.36 bits per heavy atom. The van der Waals surface area contributed by atoms with Gasteiger partial charge in [-0.1, -0.05) is 27.4 Å². The van der Waals surface area contributed by atoms with Gasteiger partial charge < -0.3 is 20.1 Å². The first kappa shape index (κ1) is 21.2. The van der Waals surface area contributed by atoms with E-state index in [1.54, 1.807) is 0 Å². The first-order chi connectivity index (χ1) is 12.9. The van der Waals surface area contributed by atoms with Gasteiger partial charge in [-0.2, -0.15) is 0 Å². The van der Waals surface area contributed by atoms with Crippen LogP contribution in [0.25, 0.3) is 0 Å². The monoisotopic (exact) mass is 392 g/mol. The number of rotatable bonds is 3. The second kappa shape index (κ2) is 6.78. The molecule has 3 N–H and O–H groups in total. The third-order valence-electron chi connectivity index (χ3n) is 7.20. The number of aliphatic hydroxyl groups excluding tert-OH is 2. The standard InChI is InChI=1S/C22H32O6/c1-12(2)18-15(24)8-20(5)10-22(27)13(3)6-7-17(26)21(22,11-28-14(4)23)9-16(25)19(18)20/h12,16-17,25-27H,3,6-11H2,1-2,4-5H3/t16?,17?,20?,21-,22?/m0/s1. The van der Waals surface area contributed by atoms with Crippen molar-refractivity contribution in [3.8, 4) is 0 Å². The number of hydrogen-bond donors (Lipinski definition) is 3. The first-order valence-electron chi connectivity index (χ1n) is 10.1. The van der Waals surface area contributed by atoms with E-state index in [0.717, 1.165) is 0 Å². The fourth-order valence-electron chi connectivity index (χ4n) is 5.94. The molecule has 0 aromatic carbocycles. The van der Waals surface area contributed by atoms with Gasteiger partial charge in [0.2, 0.25) is 0 Å². The molecule has 3 aliphatic carbocycles. The summed E-state index contributed by atoms with van der Waals surface area (Å²) >= 11 is 0. The third kappa shape index (κ3) is 2.88. The molecule has 0 radical (unpaired) electrons. The predicted molar refractivity (Wildman–Crippen MR) is 103 cm³/mol. The number of ketones is 1. The second-order valence-electron chi connectivity index (χ2n) is 9.49. The van der Waals surface area contributed by atoms with Crippen LogP contribution in [0.1, 0.15) is 59.8 Å². The second-order valence-corrected chi connectivity index (χ2v) is 9.49. The van der Waals surface area contributed by atoms with E-state index in [9.17, 15) is 24.9 Å². The van der Waals surface area contributed by atoms with Crippen molar-refractivity contribution in [1.29, 1.82) is 0 Å². The molecule has 6 nitrogen and oxygen atoms in total. The molecule has 28 heavy (non-hydrogen) atoms. The van der Waals surface area contributed by atoms with Crippen LogP contribution in [-0.4, -0.2) is 51.5 Å². The number of aliphatic hydroxyl groups is 3. The minimum absolute atomic E-state index is 0.00426. The molecule has 2 saturated carbocycles. The van der Waals surface area contributed by atoms with E-state index < -0.39 is 34.6 Å². The molecule has 0 aliphatic heterocycles.